The Morgan fingerprint density at radius 1 is 1.17 bits per heavy atom. The van der Waals surface area contributed by atoms with Crippen LogP contribution in [-0.2, 0) is 30.4 Å². The van der Waals surface area contributed by atoms with E-state index in [1.165, 1.54) is 14.0 Å². The molecule has 0 amide bonds. The van der Waals surface area contributed by atoms with E-state index in [-0.39, 0.29) is 17.9 Å². The van der Waals surface area contributed by atoms with E-state index in [1.54, 1.807) is 13.8 Å². The molecular formula is C18H23NO5. The summed E-state index contributed by atoms with van der Waals surface area (Å²) in [6.45, 7) is 5.10. The predicted molar refractivity (Wildman–Crippen MR) is 88.8 cm³/mol. The molecule has 0 saturated heterocycles. The number of rotatable bonds is 8. The quantitative estimate of drug-likeness (QED) is 0.339. The molecule has 0 fully saturated rings. The van der Waals surface area contributed by atoms with Gasteiger partial charge in [0.15, 0.2) is 5.78 Å². The number of ketones is 1. The zero-order chi connectivity index (χ0) is 18.1. The molecule has 0 aliphatic rings. The predicted octanol–water partition coefficient (Wildman–Crippen LogP) is 1.99. The first kappa shape index (κ1) is 19.4. The van der Waals surface area contributed by atoms with Crippen LogP contribution in [-0.4, -0.2) is 31.4 Å². The number of hydrogen-bond donors (Lipinski definition) is 1. The fraction of sp³-hybridized carbons (Fsp3) is 0.389. The summed E-state index contributed by atoms with van der Waals surface area (Å²) in [7, 11) is 1.19. The molecule has 0 bridgehead atoms. The van der Waals surface area contributed by atoms with E-state index in [2.05, 4.69) is 10.1 Å². The molecule has 0 radical (unpaired) electrons. The van der Waals surface area contributed by atoms with Gasteiger partial charge in [-0.3, -0.25) is 9.59 Å². The summed E-state index contributed by atoms with van der Waals surface area (Å²) < 4.78 is 9.69. The maximum absolute atomic E-state index is 12.1. The fourth-order valence-electron chi connectivity index (χ4n) is 2.18. The van der Waals surface area contributed by atoms with Crippen LogP contribution >= 0.6 is 0 Å². The molecule has 1 N–H and O–H groups in total. The van der Waals surface area contributed by atoms with Crippen molar-refractivity contribution >= 4 is 17.7 Å². The van der Waals surface area contributed by atoms with Crippen molar-refractivity contribution < 1.29 is 23.9 Å². The van der Waals surface area contributed by atoms with Crippen LogP contribution in [0.2, 0.25) is 0 Å². The van der Waals surface area contributed by atoms with Crippen LogP contribution in [0.5, 0.6) is 0 Å². The van der Waals surface area contributed by atoms with Crippen molar-refractivity contribution in [3.8, 4) is 0 Å². The van der Waals surface area contributed by atoms with Crippen LogP contribution in [0.3, 0.4) is 0 Å². The van der Waals surface area contributed by atoms with E-state index in [9.17, 15) is 14.4 Å². The van der Waals surface area contributed by atoms with Crippen LogP contribution in [0.4, 0.5) is 0 Å². The first-order valence-electron chi connectivity index (χ1n) is 7.70. The van der Waals surface area contributed by atoms with Gasteiger partial charge in [-0.2, -0.15) is 0 Å². The van der Waals surface area contributed by atoms with Crippen LogP contribution in [0.1, 0.15) is 26.3 Å². The van der Waals surface area contributed by atoms with Crippen molar-refractivity contribution in [3.05, 3.63) is 47.2 Å². The van der Waals surface area contributed by atoms with Crippen molar-refractivity contribution in [3.63, 3.8) is 0 Å². The van der Waals surface area contributed by atoms with Crippen LogP contribution in [0.25, 0.3) is 0 Å². The number of benzene rings is 1. The van der Waals surface area contributed by atoms with Crippen molar-refractivity contribution in [1.29, 1.82) is 0 Å². The fourth-order valence-corrected chi connectivity index (χ4v) is 2.18. The van der Waals surface area contributed by atoms with E-state index in [0.717, 1.165) is 5.56 Å². The summed E-state index contributed by atoms with van der Waals surface area (Å²) in [6.07, 6.45) is 0. The first-order chi connectivity index (χ1) is 11.4. The Hall–Kier alpha value is -2.63. The molecule has 0 aliphatic heterocycles. The summed E-state index contributed by atoms with van der Waals surface area (Å²) in [5.74, 6) is -2.58. The van der Waals surface area contributed by atoms with Gasteiger partial charge in [-0.1, -0.05) is 30.3 Å². The number of nitrogens with one attached hydrogen (secondary N) is 1. The second-order valence-corrected chi connectivity index (χ2v) is 5.15. The van der Waals surface area contributed by atoms with Gasteiger partial charge in [-0.25, -0.2) is 4.79 Å². The lowest BCUT2D eigenvalue weighted by Crippen LogP contribution is -2.31. The molecule has 1 aromatic carbocycles. The number of esters is 2. The average Bonchev–Trinajstić information content (AvgIpc) is 2.58. The van der Waals surface area contributed by atoms with Gasteiger partial charge < -0.3 is 14.8 Å². The maximum Gasteiger partial charge on any atom is 0.343 e. The third kappa shape index (κ3) is 5.22. The van der Waals surface area contributed by atoms with Gasteiger partial charge >= 0.3 is 11.9 Å². The SMILES string of the molecule is CCOC(=O)C(C)C(NCc1ccccc1)=C(C(C)=O)C(=O)OC. The molecule has 1 atom stereocenters. The summed E-state index contributed by atoms with van der Waals surface area (Å²) in [5.41, 5.74) is 0.976. The summed E-state index contributed by atoms with van der Waals surface area (Å²) in [6, 6.07) is 9.43. The molecule has 0 spiro atoms. The molecule has 1 aromatic rings. The van der Waals surface area contributed by atoms with E-state index < -0.39 is 23.6 Å². The average molecular weight is 333 g/mol. The largest absolute Gasteiger partial charge is 0.465 e. The van der Waals surface area contributed by atoms with E-state index in [0.29, 0.717) is 6.54 Å². The van der Waals surface area contributed by atoms with Gasteiger partial charge in [-0.05, 0) is 26.3 Å². The molecule has 0 aliphatic carbocycles. The summed E-state index contributed by atoms with van der Waals surface area (Å²) >= 11 is 0. The van der Waals surface area contributed by atoms with E-state index in [1.807, 2.05) is 30.3 Å². The van der Waals surface area contributed by atoms with Crippen molar-refractivity contribution in [1.82, 2.24) is 5.32 Å². The Labute approximate surface area is 141 Å². The highest BCUT2D eigenvalue weighted by molar-refractivity contribution is 6.17. The highest BCUT2D eigenvalue weighted by atomic mass is 16.5. The van der Waals surface area contributed by atoms with Crippen molar-refractivity contribution in [2.45, 2.75) is 27.3 Å². The monoisotopic (exact) mass is 333 g/mol. The normalized spacial score (nSPS) is 12.7. The minimum Gasteiger partial charge on any atom is -0.465 e. The van der Waals surface area contributed by atoms with Gasteiger partial charge in [0, 0.05) is 12.2 Å². The number of carbonyl (C=O) groups excluding carboxylic acids is 3. The third-order valence-corrected chi connectivity index (χ3v) is 3.41. The lowest BCUT2D eigenvalue weighted by atomic mass is 9.99. The van der Waals surface area contributed by atoms with Gasteiger partial charge in [0.05, 0.1) is 19.6 Å². The smallest absolute Gasteiger partial charge is 0.343 e. The second-order valence-electron chi connectivity index (χ2n) is 5.15. The molecular weight excluding hydrogens is 310 g/mol. The van der Waals surface area contributed by atoms with Crippen LogP contribution in [0.15, 0.2) is 41.6 Å². The third-order valence-electron chi connectivity index (χ3n) is 3.41. The molecule has 0 heterocycles. The first-order valence-corrected chi connectivity index (χ1v) is 7.70. The van der Waals surface area contributed by atoms with Crippen molar-refractivity contribution in [2.24, 2.45) is 5.92 Å². The molecule has 0 aromatic heterocycles. The number of carbonyl (C=O) groups is 3. The van der Waals surface area contributed by atoms with Gasteiger partial charge in [0.1, 0.15) is 5.57 Å². The van der Waals surface area contributed by atoms with Crippen LogP contribution in [0, 0.1) is 5.92 Å². The number of hydrogen-bond acceptors (Lipinski definition) is 6. The zero-order valence-corrected chi connectivity index (χ0v) is 14.4. The zero-order valence-electron chi connectivity index (χ0n) is 14.4. The molecule has 130 valence electrons. The number of methoxy groups -OCH3 is 1. The Morgan fingerprint density at radius 3 is 2.29 bits per heavy atom. The molecule has 24 heavy (non-hydrogen) atoms. The molecule has 0 saturated carbocycles. The summed E-state index contributed by atoms with van der Waals surface area (Å²) in [5, 5.41) is 3.03. The number of Topliss-reactive ketones (excluding diaryl/α,β-unsaturated/α-hetero) is 1. The minimum atomic E-state index is -0.799. The van der Waals surface area contributed by atoms with Gasteiger partial charge in [0.25, 0.3) is 0 Å². The second kappa shape index (κ2) is 9.50. The summed E-state index contributed by atoms with van der Waals surface area (Å²) in [4.78, 5) is 36.0. The van der Waals surface area contributed by atoms with E-state index in [4.69, 9.17) is 4.74 Å². The van der Waals surface area contributed by atoms with Gasteiger partial charge in [-0.15, -0.1) is 0 Å². The lowest BCUT2D eigenvalue weighted by molar-refractivity contribution is -0.146. The van der Waals surface area contributed by atoms with Crippen LogP contribution < -0.4 is 5.32 Å². The van der Waals surface area contributed by atoms with E-state index >= 15 is 0 Å². The molecule has 1 rings (SSSR count). The highest BCUT2D eigenvalue weighted by Crippen LogP contribution is 2.18. The Morgan fingerprint density at radius 2 is 1.79 bits per heavy atom. The lowest BCUT2D eigenvalue weighted by Gasteiger charge is -2.20. The molecule has 1 unspecified atom stereocenters. The van der Waals surface area contributed by atoms with Gasteiger partial charge in [0.2, 0.25) is 0 Å². The molecule has 6 nitrogen and oxygen atoms in total. The Bertz CT molecular complexity index is 622. The minimum absolute atomic E-state index is 0.172. The number of ether oxygens (including phenoxy) is 2. The maximum atomic E-state index is 12.1. The Kier molecular flexibility index (Phi) is 7.68. The topological polar surface area (TPSA) is 81.7 Å². The molecule has 6 heteroatoms. The highest BCUT2D eigenvalue weighted by Gasteiger charge is 2.28. The Balaban J connectivity index is 3.20. The standard InChI is InChI=1S/C18H23NO5/c1-5-24-17(21)12(2)16(15(13(3)20)18(22)23-4)19-11-14-9-7-6-8-10-14/h6-10,12,19H,5,11H2,1-4H3. The van der Waals surface area contributed by atoms with Crippen molar-refractivity contribution in [2.75, 3.05) is 13.7 Å².